The van der Waals surface area contributed by atoms with Crippen LogP contribution in [0.25, 0.3) is 0 Å². The maximum atomic E-state index is 13.6. The number of rotatable bonds is 8. The zero-order valence-corrected chi connectivity index (χ0v) is 20.4. The van der Waals surface area contributed by atoms with Crippen molar-refractivity contribution in [2.75, 3.05) is 10.6 Å². The van der Waals surface area contributed by atoms with E-state index in [1.54, 1.807) is 0 Å². The van der Waals surface area contributed by atoms with E-state index in [2.05, 4.69) is 9.97 Å². The molecular formula is C26H27N5O3S. The van der Waals surface area contributed by atoms with Gasteiger partial charge in [-0.3, -0.25) is 24.0 Å². The lowest BCUT2D eigenvalue weighted by Crippen LogP contribution is -2.41. The number of nitrogens with zero attached hydrogens (tertiary/aromatic N) is 3. The first-order valence-electron chi connectivity index (χ1n) is 11.3. The van der Waals surface area contributed by atoms with Gasteiger partial charge in [-0.1, -0.05) is 74.5 Å². The van der Waals surface area contributed by atoms with Crippen molar-refractivity contribution in [3.8, 4) is 0 Å². The molecule has 1 amide bonds. The normalized spacial score (nSPS) is 11.1. The molecule has 4 rings (SSSR count). The van der Waals surface area contributed by atoms with Gasteiger partial charge >= 0.3 is 5.69 Å². The van der Waals surface area contributed by atoms with Crippen LogP contribution in [0, 0.1) is 0 Å². The summed E-state index contributed by atoms with van der Waals surface area (Å²) in [5.74, 6) is -0.145. The first kappa shape index (κ1) is 24.2. The summed E-state index contributed by atoms with van der Waals surface area (Å²) >= 11 is 1.50. The number of hydrogen-bond acceptors (Lipinski definition) is 6. The highest BCUT2D eigenvalue weighted by atomic mass is 32.1. The van der Waals surface area contributed by atoms with Gasteiger partial charge < -0.3 is 5.73 Å². The molecule has 3 N–H and O–H groups in total. The van der Waals surface area contributed by atoms with Gasteiger partial charge in [-0.2, -0.15) is 0 Å². The molecule has 180 valence electrons. The molecule has 35 heavy (non-hydrogen) atoms. The molecule has 0 atom stereocenters. The standard InChI is InChI=1S/C26H27N5O3S/c1-17(2)25-28-20(16-35-25)13-21(32)30(14-18-9-5-3-6-10-18)22-23(27)31(26(34)29-24(22)33)15-19-11-7-4-8-12-19/h3-12,16-17H,13-15,27H2,1-2H3,(H,29,33,34). The van der Waals surface area contributed by atoms with Crippen molar-refractivity contribution >= 4 is 28.7 Å². The smallest absolute Gasteiger partial charge is 0.330 e. The maximum absolute atomic E-state index is 13.6. The van der Waals surface area contributed by atoms with Crippen molar-refractivity contribution < 1.29 is 4.79 Å². The lowest BCUT2D eigenvalue weighted by atomic mass is 10.1. The van der Waals surface area contributed by atoms with Crippen LogP contribution in [0.4, 0.5) is 11.5 Å². The van der Waals surface area contributed by atoms with E-state index in [9.17, 15) is 14.4 Å². The fraction of sp³-hybridized carbons (Fsp3) is 0.231. The van der Waals surface area contributed by atoms with Crippen molar-refractivity contribution in [1.82, 2.24) is 14.5 Å². The highest BCUT2D eigenvalue weighted by Gasteiger charge is 2.25. The van der Waals surface area contributed by atoms with Crippen molar-refractivity contribution in [2.24, 2.45) is 0 Å². The molecule has 0 radical (unpaired) electrons. The number of H-pyrrole nitrogens is 1. The van der Waals surface area contributed by atoms with Gasteiger partial charge in [0.25, 0.3) is 5.56 Å². The second kappa shape index (κ2) is 10.5. The average Bonchev–Trinajstić information content (AvgIpc) is 3.31. The molecule has 2 heterocycles. The summed E-state index contributed by atoms with van der Waals surface area (Å²) in [4.78, 5) is 47.4. The molecule has 0 saturated carbocycles. The van der Waals surface area contributed by atoms with Crippen LogP contribution in [0.15, 0.2) is 75.6 Å². The third kappa shape index (κ3) is 5.58. The van der Waals surface area contributed by atoms with Crippen LogP contribution in [0.1, 0.15) is 41.6 Å². The van der Waals surface area contributed by atoms with Crippen LogP contribution >= 0.6 is 11.3 Å². The van der Waals surface area contributed by atoms with E-state index in [1.165, 1.54) is 20.8 Å². The fourth-order valence-electron chi connectivity index (χ4n) is 3.74. The maximum Gasteiger partial charge on any atom is 0.330 e. The summed E-state index contributed by atoms with van der Waals surface area (Å²) in [5.41, 5.74) is 7.30. The SMILES string of the molecule is CC(C)c1nc(CC(=O)N(Cc2ccccc2)c2c(N)n(Cc3ccccc3)c(=O)[nH]c2=O)cs1. The van der Waals surface area contributed by atoms with Crippen LogP contribution < -0.4 is 21.9 Å². The number of hydrogen-bond donors (Lipinski definition) is 2. The Morgan fingerprint density at radius 3 is 2.29 bits per heavy atom. The predicted molar refractivity (Wildman–Crippen MR) is 139 cm³/mol. The van der Waals surface area contributed by atoms with Gasteiger partial charge in [-0.05, 0) is 11.1 Å². The molecule has 8 nitrogen and oxygen atoms in total. The Morgan fingerprint density at radius 1 is 1.06 bits per heavy atom. The van der Waals surface area contributed by atoms with Crippen LogP contribution in [0.5, 0.6) is 0 Å². The number of carbonyl (C=O) groups excluding carboxylic acids is 1. The molecule has 0 aliphatic carbocycles. The molecule has 2 aromatic carbocycles. The van der Waals surface area contributed by atoms with Gasteiger partial charge in [0.05, 0.1) is 30.2 Å². The number of aromatic amines is 1. The molecule has 9 heteroatoms. The zero-order valence-electron chi connectivity index (χ0n) is 19.6. The number of benzene rings is 2. The first-order chi connectivity index (χ1) is 16.8. The minimum Gasteiger partial charge on any atom is -0.383 e. The van der Waals surface area contributed by atoms with E-state index in [4.69, 9.17) is 5.73 Å². The van der Waals surface area contributed by atoms with E-state index >= 15 is 0 Å². The third-order valence-electron chi connectivity index (χ3n) is 5.55. The topological polar surface area (TPSA) is 114 Å². The van der Waals surface area contributed by atoms with E-state index in [-0.39, 0.29) is 42.8 Å². The molecule has 0 fully saturated rings. The molecule has 0 aliphatic heterocycles. The Kier molecular flexibility index (Phi) is 7.26. The predicted octanol–water partition coefficient (Wildman–Crippen LogP) is 3.52. The Labute approximate surface area is 206 Å². The van der Waals surface area contributed by atoms with Crippen molar-refractivity contribution in [2.45, 2.75) is 39.3 Å². The number of aromatic nitrogens is 3. The zero-order chi connectivity index (χ0) is 24.9. The van der Waals surface area contributed by atoms with Crippen molar-refractivity contribution in [3.05, 3.63) is 109 Å². The van der Waals surface area contributed by atoms with Crippen LogP contribution in [0.3, 0.4) is 0 Å². The molecule has 2 aromatic heterocycles. The van der Waals surface area contributed by atoms with Gasteiger partial charge in [0.15, 0.2) is 5.69 Å². The van der Waals surface area contributed by atoms with Gasteiger partial charge in [0.1, 0.15) is 5.82 Å². The molecule has 0 saturated heterocycles. The lowest BCUT2D eigenvalue weighted by Gasteiger charge is -2.24. The van der Waals surface area contributed by atoms with E-state index in [1.807, 2.05) is 79.9 Å². The number of nitrogen functional groups attached to an aromatic ring is 1. The van der Waals surface area contributed by atoms with E-state index < -0.39 is 11.2 Å². The summed E-state index contributed by atoms with van der Waals surface area (Å²) < 4.78 is 1.27. The summed E-state index contributed by atoms with van der Waals surface area (Å²) in [7, 11) is 0. The van der Waals surface area contributed by atoms with Gasteiger partial charge in [-0.15, -0.1) is 11.3 Å². The number of nitrogens with two attached hydrogens (primary N) is 1. The summed E-state index contributed by atoms with van der Waals surface area (Å²) in [6.07, 6.45) is 0.00669. The molecule has 0 aliphatic rings. The highest BCUT2D eigenvalue weighted by Crippen LogP contribution is 2.23. The molecule has 4 aromatic rings. The Bertz CT molecular complexity index is 1420. The Balaban J connectivity index is 1.76. The number of anilines is 2. The summed E-state index contributed by atoms with van der Waals surface area (Å²) in [5, 5.41) is 2.80. The fourth-order valence-corrected chi connectivity index (χ4v) is 4.57. The van der Waals surface area contributed by atoms with Crippen LogP contribution in [-0.4, -0.2) is 20.4 Å². The Hall–Kier alpha value is -3.98. The van der Waals surface area contributed by atoms with E-state index in [0.29, 0.717) is 5.69 Å². The van der Waals surface area contributed by atoms with E-state index in [0.717, 1.165) is 16.1 Å². The second-order valence-corrected chi connectivity index (χ2v) is 9.43. The lowest BCUT2D eigenvalue weighted by molar-refractivity contribution is -0.118. The number of carbonyl (C=O) groups is 1. The largest absolute Gasteiger partial charge is 0.383 e. The molecule has 0 spiro atoms. The minimum atomic E-state index is -0.706. The molecule has 0 bridgehead atoms. The quantitative estimate of drug-likeness (QED) is 0.393. The van der Waals surface area contributed by atoms with Gasteiger partial charge in [0, 0.05) is 11.3 Å². The van der Waals surface area contributed by atoms with Crippen LogP contribution in [-0.2, 0) is 24.3 Å². The highest BCUT2D eigenvalue weighted by molar-refractivity contribution is 7.09. The molecule has 0 unspecified atom stereocenters. The third-order valence-corrected chi connectivity index (χ3v) is 6.74. The number of amides is 1. The number of nitrogens with one attached hydrogen (secondary N) is 1. The van der Waals surface area contributed by atoms with Crippen molar-refractivity contribution in [3.63, 3.8) is 0 Å². The van der Waals surface area contributed by atoms with Gasteiger partial charge in [0.2, 0.25) is 5.91 Å². The first-order valence-corrected chi connectivity index (χ1v) is 12.2. The minimum absolute atomic E-state index is 0.00669. The monoisotopic (exact) mass is 489 g/mol. The number of thiazole rings is 1. The Morgan fingerprint density at radius 2 is 1.69 bits per heavy atom. The average molecular weight is 490 g/mol. The summed E-state index contributed by atoms with van der Waals surface area (Å²) in [6.45, 7) is 4.37. The van der Waals surface area contributed by atoms with Gasteiger partial charge in [-0.25, -0.2) is 9.78 Å². The summed E-state index contributed by atoms with van der Waals surface area (Å²) in [6, 6.07) is 18.6. The van der Waals surface area contributed by atoms with Crippen LogP contribution in [0.2, 0.25) is 0 Å². The second-order valence-electron chi connectivity index (χ2n) is 8.54. The van der Waals surface area contributed by atoms with Crippen molar-refractivity contribution in [1.29, 1.82) is 0 Å². The molecular weight excluding hydrogens is 462 g/mol.